The second-order valence-electron chi connectivity index (χ2n) is 5.99. The fourth-order valence-corrected chi connectivity index (χ4v) is 3.36. The van der Waals surface area contributed by atoms with E-state index in [0.717, 1.165) is 32.1 Å². The lowest BCUT2D eigenvalue weighted by atomic mass is 10.1. The second kappa shape index (κ2) is 12.7. The maximum atomic E-state index is 11.8. The van der Waals surface area contributed by atoms with Gasteiger partial charge in [0.2, 0.25) is 0 Å². The smallest absolute Gasteiger partial charge is 0.303 e. The summed E-state index contributed by atoms with van der Waals surface area (Å²) >= 11 is 0. The highest BCUT2D eigenvalue weighted by Crippen LogP contribution is 2.14. The molecule has 0 aliphatic carbocycles. The van der Waals surface area contributed by atoms with E-state index in [-0.39, 0.29) is 6.42 Å². The first-order valence-corrected chi connectivity index (χ1v) is 10.4. The van der Waals surface area contributed by atoms with Crippen LogP contribution < -0.4 is 0 Å². The van der Waals surface area contributed by atoms with Gasteiger partial charge in [0.05, 0.1) is 5.25 Å². The molecule has 1 atom stereocenters. The summed E-state index contributed by atoms with van der Waals surface area (Å²) in [7, 11) is -3.05. The summed E-state index contributed by atoms with van der Waals surface area (Å²) in [5, 5.41) is 8.16. The Morgan fingerprint density at radius 3 is 2.27 bits per heavy atom. The summed E-state index contributed by atoms with van der Waals surface area (Å²) < 4.78 is 23.6. The van der Waals surface area contributed by atoms with Crippen LogP contribution in [0.5, 0.6) is 0 Å². The largest absolute Gasteiger partial charge is 0.481 e. The van der Waals surface area contributed by atoms with E-state index >= 15 is 0 Å². The first-order chi connectivity index (χ1) is 10.4. The third kappa shape index (κ3) is 12.9. The van der Waals surface area contributed by atoms with Crippen LogP contribution in [0.15, 0.2) is 12.2 Å². The van der Waals surface area contributed by atoms with Crippen molar-refractivity contribution in [3.05, 3.63) is 12.2 Å². The number of hydrogen-bond acceptors (Lipinski definition) is 3. The first-order valence-electron chi connectivity index (χ1n) is 8.45. The molecule has 0 bridgehead atoms. The highest BCUT2D eigenvalue weighted by atomic mass is 32.2. The van der Waals surface area contributed by atoms with Gasteiger partial charge in [-0.3, -0.25) is 4.79 Å². The van der Waals surface area contributed by atoms with Gasteiger partial charge in [0.1, 0.15) is 0 Å². The Kier molecular flexibility index (Phi) is 12.2. The van der Waals surface area contributed by atoms with Crippen LogP contribution in [-0.4, -0.2) is 31.0 Å². The Morgan fingerprint density at radius 2 is 1.68 bits per heavy atom. The number of rotatable bonds is 14. The molecule has 0 aromatic heterocycles. The number of sulfone groups is 1. The lowest BCUT2D eigenvalue weighted by Crippen LogP contribution is -2.17. The Bertz CT molecular complexity index is 412. The minimum absolute atomic E-state index is 0.202. The first kappa shape index (κ1) is 21.2. The molecule has 0 fully saturated rings. The molecule has 0 rings (SSSR count). The molecule has 1 unspecified atom stereocenters. The lowest BCUT2D eigenvalue weighted by Gasteiger charge is -2.10. The van der Waals surface area contributed by atoms with Crippen LogP contribution in [0, 0.1) is 0 Å². The van der Waals surface area contributed by atoms with Crippen LogP contribution in [0.3, 0.4) is 0 Å². The minimum Gasteiger partial charge on any atom is -0.481 e. The monoisotopic (exact) mass is 332 g/mol. The van der Waals surface area contributed by atoms with Gasteiger partial charge >= 0.3 is 5.97 Å². The average molecular weight is 333 g/mol. The van der Waals surface area contributed by atoms with Gasteiger partial charge in [-0.1, -0.05) is 57.6 Å². The quantitative estimate of drug-likeness (QED) is 0.379. The predicted molar refractivity (Wildman–Crippen MR) is 91.9 cm³/mol. The molecule has 0 radical (unpaired) electrons. The third-order valence-corrected chi connectivity index (χ3v) is 5.25. The van der Waals surface area contributed by atoms with Gasteiger partial charge in [-0.2, -0.15) is 0 Å². The lowest BCUT2D eigenvalue weighted by molar-refractivity contribution is -0.137. The number of hydrogen-bond donors (Lipinski definition) is 1. The predicted octanol–water partition coefficient (Wildman–Crippen LogP) is 4.35. The molecular formula is C17H32O4S. The van der Waals surface area contributed by atoms with Crippen LogP contribution in [0.2, 0.25) is 0 Å². The molecule has 0 heterocycles. The number of aliphatic carboxylic acids is 1. The van der Waals surface area contributed by atoms with E-state index in [4.69, 9.17) is 5.11 Å². The Hall–Kier alpha value is -0.840. The van der Waals surface area contributed by atoms with Gasteiger partial charge in [-0.05, 0) is 25.7 Å². The summed E-state index contributed by atoms with van der Waals surface area (Å²) in [5.74, 6) is -0.764. The van der Waals surface area contributed by atoms with Crippen LogP contribution in [0.1, 0.15) is 77.6 Å². The molecule has 0 aromatic rings. The number of carboxylic acids is 1. The maximum Gasteiger partial charge on any atom is 0.303 e. The zero-order chi connectivity index (χ0) is 16.8. The van der Waals surface area contributed by atoms with E-state index in [1.807, 2.05) is 12.2 Å². The molecule has 0 aromatic carbocycles. The van der Waals surface area contributed by atoms with E-state index in [9.17, 15) is 13.2 Å². The molecule has 22 heavy (non-hydrogen) atoms. The van der Waals surface area contributed by atoms with Crippen molar-refractivity contribution in [2.45, 2.75) is 82.8 Å². The minimum atomic E-state index is -3.05. The van der Waals surface area contributed by atoms with E-state index in [1.165, 1.54) is 25.5 Å². The van der Waals surface area contributed by atoms with Crippen molar-refractivity contribution in [1.82, 2.24) is 0 Å². The Balaban J connectivity index is 3.99. The van der Waals surface area contributed by atoms with E-state index in [2.05, 4.69) is 6.92 Å². The molecule has 5 heteroatoms. The second-order valence-corrected chi connectivity index (χ2v) is 8.26. The van der Waals surface area contributed by atoms with Gasteiger partial charge in [-0.15, -0.1) is 0 Å². The van der Waals surface area contributed by atoms with Gasteiger partial charge < -0.3 is 5.11 Å². The summed E-state index contributed by atoms with van der Waals surface area (Å²) in [6.07, 6.45) is 14.9. The van der Waals surface area contributed by atoms with Gasteiger partial charge in [0, 0.05) is 12.7 Å². The standard InChI is InChI=1S/C17H32O4S/c1-3-4-5-6-7-10-13-16(22(2,20)21)14-11-8-9-12-15-17(18)19/h10,13,16H,3-9,11-12,14-15H2,1-2H3,(H,18,19). The number of allylic oxidation sites excluding steroid dienone is 1. The van der Waals surface area contributed by atoms with Crippen molar-refractivity contribution >= 4 is 15.8 Å². The number of carbonyl (C=O) groups is 1. The van der Waals surface area contributed by atoms with E-state index in [0.29, 0.717) is 12.8 Å². The molecule has 0 saturated carbocycles. The number of unbranched alkanes of at least 4 members (excludes halogenated alkanes) is 7. The van der Waals surface area contributed by atoms with Crippen LogP contribution in [0.4, 0.5) is 0 Å². The topological polar surface area (TPSA) is 71.4 Å². The van der Waals surface area contributed by atoms with Crippen LogP contribution >= 0.6 is 0 Å². The van der Waals surface area contributed by atoms with Crippen LogP contribution in [0.25, 0.3) is 0 Å². The third-order valence-electron chi connectivity index (χ3n) is 3.75. The van der Waals surface area contributed by atoms with Crippen molar-refractivity contribution in [3.63, 3.8) is 0 Å². The Labute approximate surface area is 135 Å². The maximum absolute atomic E-state index is 11.8. The SMILES string of the molecule is CCCCCCC=CC(CCCCCCC(=O)O)S(C)(=O)=O. The van der Waals surface area contributed by atoms with E-state index < -0.39 is 21.1 Å². The van der Waals surface area contributed by atoms with Crippen molar-refractivity contribution in [1.29, 1.82) is 0 Å². The molecule has 0 spiro atoms. The van der Waals surface area contributed by atoms with Crippen molar-refractivity contribution in [3.8, 4) is 0 Å². The number of carboxylic acid groups (broad SMARTS) is 1. The fourth-order valence-electron chi connectivity index (χ4n) is 2.37. The van der Waals surface area contributed by atoms with E-state index in [1.54, 1.807) is 0 Å². The molecule has 0 amide bonds. The molecule has 0 aliphatic rings. The molecular weight excluding hydrogens is 300 g/mol. The van der Waals surface area contributed by atoms with Gasteiger partial charge in [0.15, 0.2) is 9.84 Å². The molecule has 4 nitrogen and oxygen atoms in total. The van der Waals surface area contributed by atoms with Gasteiger partial charge in [-0.25, -0.2) is 8.42 Å². The normalized spacial score (nSPS) is 13.5. The summed E-state index contributed by atoms with van der Waals surface area (Å²) in [4.78, 5) is 10.4. The molecule has 0 aliphatic heterocycles. The molecule has 130 valence electrons. The van der Waals surface area contributed by atoms with Crippen LogP contribution in [-0.2, 0) is 14.6 Å². The van der Waals surface area contributed by atoms with Gasteiger partial charge in [0.25, 0.3) is 0 Å². The van der Waals surface area contributed by atoms with Crippen molar-refractivity contribution in [2.24, 2.45) is 0 Å². The molecule has 0 saturated heterocycles. The highest BCUT2D eigenvalue weighted by molar-refractivity contribution is 7.91. The summed E-state index contributed by atoms with van der Waals surface area (Å²) in [6.45, 7) is 2.17. The Morgan fingerprint density at radius 1 is 1.05 bits per heavy atom. The summed E-state index contributed by atoms with van der Waals surface area (Å²) in [5.41, 5.74) is 0. The molecule has 1 N–H and O–H groups in total. The van der Waals surface area contributed by atoms with Crippen molar-refractivity contribution < 1.29 is 18.3 Å². The highest BCUT2D eigenvalue weighted by Gasteiger charge is 2.16. The zero-order valence-electron chi connectivity index (χ0n) is 14.1. The zero-order valence-corrected chi connectivity index (χ0v) is 14.9. The van der Waals surface area contributed by atoms with Crippen molar-refractivity contribution in [2.75, 3.05) is 6.26 Å². The summed E-state index contributed by atoms with van der Waals surface area (Å²) in [6, 6.07) is 0. The average Bonchev–Trinajstić information content (AvgIpc) is 2.42. The fraction of sp³-hybridized carbons (Fsp3) is 0.824.